The molecule has 0 aromatic heterocycles. The van der Waals surface area contributed by atoms with E-state index in [9.17, 15) is 4.79 Å². The van der Waals surface area contributed by atoms with Crippen LogP contribution in [0.15, 0.2) is 0 Å². The van der Waals surface area contributed by atoms with Crippen molar-refractivity contribution in [3.63, 3.8) is 0 Å². The highest BCUT2D eigenvalue weighted by atomic mass is 32.2. The Balaban J connectivity index is 3.15. The van der Waals surface area contributed by atoms with Crippen molar-refractivity contribution in [3.8, 4) is 6.07 Å². The van der Waals surface area contributed by atoms with Crippen molar-refractivity contribution in [1.29, 1.82) is 5.26 Å². The van der Waals surface area contributed by atoms with E-state index in [1.54, 1.807) is 18.9 Å². The fraction of sp³-hybridized carbons (Fsp3) is 0.778. The quantitative estimate of drug-likeness (QED) is 0.609. The molecule has 0 rings (SSSR count). The van der Waals surface area contributed by atoms with Gasteiger partial charge in [0.1, 0.15) is 0 Å². The second-order valence-corrected chi connectivity index (χ2v) is 3.76. The Morgan fingerprint density at radius 3 is 3.07 bits per heavy atom. The minimum atomic E-state index is 0.0315. The van der Waals surface area contributed by atoms with Crippen molar-refractivity contribution in [1.82, 2.24) is 5.32 Å². The molecular formula is C9H16N2O2S. The highest BCUT2D eigenvalue weighted by Gasteiger charge is 1.99. The molecule has 0 aromatic carbocycles. The summed E-state index contributed by atoms with van der Waals surface area (Å²) < 4.78 is 4.79. The highest BCUT2D eigenvalue weighted by Crippen LogP contribution is 2.03. The summed E-state index contributed by atoms with van der Waals surface area (Å²) in [5.41, 5.74) is 0. The SMILES string of the molecule is COCCNC(=O)CSCCCC#N. The van der Waals surface area contributed by atoms with Gasteiger partial charge in [0, 0.05) is 20.1 Å². The first-order valence-corrected chi connectivity index (χ1v) is 5.67. The number of carbonyl (C=O) groups is 1. The zero-order chi connectivity index (χ0) is 10.6. The van der Waals surface area contributed by atoms with Gasteiger partial charge in [-0.2, -0.15) is 17.0 Å². The molecule has 4 nitrogen and oxygen atoms in total. The summed E-state index contributed by atoms with van der Waals surface area (Å²) in [4.78, 5) is 11.1. The largest absolute Gasteiger partial charge is 0.383 e. The number of ether oxygens (including phenoxy) is 1. The maximum absolute atomic E-state index is 11.1. The first-order valence-electron chi connectivity index (χ1n) is 4.51. The smallest absolute Gasteiger partial charge is 0.230 e. The van der Waals surface area contributed by atoms with Crippen molar-refractivity contribution >= 4 is 17.7 Å². The zero-order valence-corrected chi connectivity index (χ0v) is 9.23. The van der Waals surface area contributed by atoms with E-state index in [0.29, 0.717) is 25.3 Å². The zero-order valence-electron chi connectivity index (χ0n) is 8.41. The molecule has 0 fully saturated rings. The van der Waals surface area contributed by atoms with Gasteiger partial charge < -0.3 is 10.1 Å². The summed E-state index contributed by atoms with van der Waals surface area (Å²) in [6.45, 7) is 1.11. The molecule has 14 heavy (non-hydrogen) atoms. The van der Waals surface area contributed by atoms with Crippen molar-refractivity contribution in [2.45, 2.75) is 12.8 Å². The van der Waals surface area contributed by atoms with Crippen molar-refractivity contribution < 1.29 is 9.53 Å². The molecule has 0 aliphatic heterocycles. The van der Waals surface area contributed by atoms with Crippen LogP contribution in [0.5, 0.6) is 0 Å². The third-order valence-electron chi connectivity index (χ3n) is 1.44. The van der Waals surface area contributed by atoms with E-state index < -0.39 is 0 Å². The first-order chi connectivity index (χ1) is 6.81. The Morgan fingerprint density at radius 1 is 1.64 bits per heavy atom. The van der Waals surface area contributed by atoms with Crippen LogP contribution in [-0.4, -0.2) is 37.7 Å². The van der Waals surface area contributed by atoms with Crippen molar-refractivity contribution in [2.24, 2.45) is 0 Å². The summed E-state index contributed by atoms with van der Waals surface area (Å²) in [6, 6.07) is 2.07. The highest BCUT2D eigenvalue weighted by molar-refractivity contribution is 7.99. The maximum atomic E-state index is 11.1. The van der Waals surface area contributed by atoms with Crippen LogP contribution in [0.2, 0.25) is 0 Å². The second kappa shape index (κ2) is 10.4. The van der Waals surface area contributed by atoms with Gasteiger partial charge in [0.05, 0.1) is 18.4 Å². The number of hydrogen-bond acceptors (Lipinski definition) is 4. The van der Waals surface area contributed by atoms with E-state index in [-0.39, 0.29) is 5.91 Å². The number of methoxy groups -OCH3 is 1. The van der Waals surface area contributed by atoms with Gasteiger partial charge in [-0.3, -0.25) is 4.79 Å². The van der Waals surface area contributed by atoms with Crippen LogP contribution < -0.4 is 5.32 Å². The molecule has 0 saturated carbocycles. The predicted molar refractivity (Wildman–Crippen MR) is 57.1 cm³/mol. The normalized spacial score (nSPS) is 9.43. The van der Waals surface area contributed by atoms with Gasteiger partial charge in [-0.1, -0.05) is 0 Å². The Kier molecular flexibility index (Phi) is 9.81. The Hall–Kier alpha value is -0.730. The Morgan fingerprint density at radius 2 is 2.43 bits per heavy atom. The molecule has 1 N–H and O–H groups in total. The lowest BCUT2D eigenvalue weighted by molar-refractivity contribution is -0.118. The second-order valence-electron chi connectivity index (χ2n) is 2.66. The number of rotatable bonds is 8. The van der Waals surface area contributed by atoms with Crippen LogP contribution in [-0.2, 0) is 9.53 Å². The molecule has 0 unspecified atom stereocenters. The molecule has 0 aliphatic rings. The average Bonchev–Trinajstić information content (AvgIpc) is 2.18. The van der Waals surface area contributed by atoms with Crippen molar-refractivity contribution in [2.75, 3.05) is 31.8 Å². The minimum Gasteiger partial charge on any atom is -0.383 e. The molecule has 80 valence electrons. The number of nitrogens with zero attached hydrogens (tertiary/aromatic N) is 1. The molecule has 0 saturated heterocycles. The monoisotopic (exact) mass is 216 g/mol. The third-order valence-corrected chi connectivity index (χ3v) is 2.48. The van der Waals surface area contributed by atoms with E-state index in [2.05, 4.69) is 11.4 Å². The summed E-state index contributed by atoms with van der Waals surface area (Å²) in [7, 11) is 1.60. The van der Waals surface area contributed by atoms with Crippen LogP contribution in [0.4, 0.5) is 0 Å². The number of amides is 1. The number of thioether (sulfide) groups is 1. The van der Waals surface area contributed by atoms with Gasteiger partial charge in [-0.05, 0) is 12.2 Å². The van der Waals surface area contributed by atoms with E-state index in [1.165, 1.54) is 0 Å². The fourth-order valence-corrected chi connectivity index (χ4v) is 1.54. The average molecular weight is 216 g/mol. The topological polar surface area (TPSA) is 62.1 Å². The molecule has 0 bridgehead atoms. The van der Waals surface area contributed by atoms with Gasteiger partial charge in [-0.25, -0.2) is 0 Å². The molecule has 0 aliphatic carbocycles. The van der Waals surface area contributed by atoms with E-state index in [0.717, 1.165) is 12.2 Å². The lowest BCUT2D eigenvalue weighted by Gasteiger charge is -2.03. The van der Waals surface area contributed by atoms with Gasteiger partial charge in [-0.15, -0.1) is 0 Å². The summed E-state index contributed by atoms with van der Waals surface area (Å²) in [5.74, 6) is 1.37. The third kappa shape index (κ3) is 9.36. The predicted octanol–water partition coefficient (Wildman–Crippen LogP) is 0.786. The molecule has 1 amide bonds. The number of unbranched alkanes of at least 4 members (excludes halogenated alkanes) is 1. The number of hydrogen-bond donors (Lipinski definition) is 1. The van der Waals surface area contributed by atoms with Gasteiger partial charge in [0.25, 0.3) is 0 Å². The Labute approximate surface area is 89.0 Å². The number of nitrogens with one attached hydrogen (secondary N) is 1. The van der Waals surface area contributed by atoms with Crippen LogP contribution in [0, 0.1) is 11.3 Å². The minimum absolute atomic E-state index is 0.0315. The molecule has 0 aromatic rings. The fourth-order valence-electron chi connectivity index (χ4n) is 0.762. The Bertz CT molecular complexity index is 192. The van der Waals surface area contributed by atoms with Gasteiger partial charge >= 0.3 is 0 Å². The van der Waals surface area contributed by atoms with Crippen LogP contribution in [0.3, 0.4) is 0 Å². The molecular weight excluding hydrogens is 200 g/mol. The van der Waals surface area contributed by atoms with E-state index >= 15 is 0 Å². The van der Waals surface area contributed by atoms with Crippen molar-refractivity contribution in [3.05, 3.63) is 0 Å². The molecule has 0 spiro atoms. The standard InChI is InChI=1S/C9H16N2O2S/c1-13-6-5-11-9(12)8-14-7-3-2-4-10/h2-3,5-8H2,1H3,(H,11,12). The molecule has 5 heteroatoms. The van der Waals surface area contributed by atoms with E-state index in [4.69, 9.17) is 10.00 Å². The number of nitriles is 1. The van der Waals surface area contributed by atoms with Gasteiger partial charge in [0.15, 0.2) is 0 Å². The molecule has 0 radical (unpaired) electrons. The number of carbonyl (C=O) groups excluding carboxylic acids is 1. The first kappa shape index (κ1) is 13.3. The van der Waals surface area contributed by atoms with Crippen LogP contribution in [0.1, 0.15) is 12.8 Å². The summed E-state index contributed by atoms with van der Waals surface area (Å²) in [6.07, 6.45) is 1.42. The molecule has 0 heterocycles. The summed E-state index contributed by atoms with van der Waals surface area (Å²) in [5, 5.41) is 11.0. The van der Waals surface area contributed by atoms with Crippen LogP contribution >= 0.6 is 11.8 Å². The van der Waals surface area contributed by atoms with Crippen LogP contribution in [0.25, 0.3) is 0 Å². The summed E-state index contributed by atoms with van der Waals surface area (Å²) >= 11 is 1.56. The lowest BCUT2D eigenvalue weighted by Crippen LogP contribution is -2.28. The van der Waals surface area contributed by atoms with E-state index in [1.807, 2.05) is 0 Å². The maximum Gasteiger partial charge on any atom is 0.230 e. The molecule has 0 atom stereocenters. The van der Waals surface area contributed by atoms with Gasteiger partial charge in [0.2, 0.25) is 5.91 Å². The lowest BCUT2D eigenvalue weighted by atomic mass is 10.4.